The number of imide groups is 1. The van der Waals surface area contributed by atoms with Crippen LogP contribution in [0.4, 0.5) is 2.66 Å². The van der Waals surface area contributed by atoms with Crippen LogP contribution in [0.2, 0.25) is 0 Å². The second kappa shape index (κ2) is 14.3. The molecular formula is C28H38FInN4O4. The van der Waals surface area contributed by atoms with Gasteiger partial charge in [-0.2, -0.15) is 0 Å². The number of amides is 2. The number of carbonyl (C=O) groups excluding carboxylic acids is 3. The molecule has 8 nitrogen and oxygen atoms in total. The van der Waals surface area contributed by atoms with Crippen molar-refractivity contribution in [3.63, 3.8) is 0 Å². The summed E-state index contributed by atoms with van der Waals surface area (Å²) < 4.78 is 25.5. The Morgan fingerprint density at radius 3 is 2.16 bits per heavy atom. The quantitative estimate of drug-likeness (QED) is 0.187. The van der Waals surface area contributed by atoms with Crippen LogP contribution in [-0.2, 0) is 9.53 Å². The fraction of sp³-hybridized carbons (Fsp3) is 0.571. The molecule has 0 atom stereocenters. The standard InChI is InChI=1S/C28H38N4O4.FH.In/c1-3-4-5-6-7-8-9-12-21-36-28(35)22(2)25(29)31-18-15-30(16-19-31)17-20-32-26(33)23-13-10-11-14-24(23)27(32)34;;/h2,10-11,13-14H,3-9,12,15-21H2,1H3;1H;/q-1;;+2/p-1. The first-order valence-corrected chi connectivity index (χ1v) is 18.7. The molecular weight excluding hydrogens is 590 g/mol. The van der Waals surface area contributed by atoms with Gasteiger partial charge in [-0.25, -0.2) is 0 Å². The topological polar surface area (TPSA) is 82.5 Å². The van der Waals surface area contributed by atoms with Crippen molar-refractivity contribution in [2.75, 3.05) is 45.9 Å². The van der Waals surface area contributed by atoms with Gasteiger partial charge in [-0.1, -0.05) is 25.5 Å². The minimum absolute atomic E-state index is 0.244. The Hall–Kier alpha value is -2.20. The van der Waals surface area contributed by atoms with Gasteiger partial charge < -0.3 is 0 Å². The Labute approximate surface area is 233 Å². The van der Waals surface area contributed by atoms with Crippen LogP contribution in [0.25, 0.3) is 0 Å². The first-order valence-electron chi connectivity index (χ1n) is 14.0. The van der Waals surface area contributed by atoms with E-state index in [2.05, 4.69) is 14.8 Å². The van der Waals surface area contributed by atoms with Gasteiger partial charge in [0.2, 0.25) is 0 Å². The van der Waals surface area contributed by atoms with Gasteiger partial charge in [0.1, 0.15) is 0 Å². The molecule has 0 aliphatic carbocycles. The molecule has 1 fully saturated rings. The number of nitrogens with zero attached hydrogens (tertiary/aromatic N) is 4. The Balaban J connectivity index is 1.17. The number of amidine groups is 1. The van der Waals surface area contributed by atoms with Crippen LogP contribution in [0, 0.1) is 0 Å². The van der Waals surface area contributed by atoms with Crippen molar-refractivity contribution in [2.45, 2.75) is 58.3 Å². The molecule has 0 unspecified atom stereocenters. The van der Waals surface area contributed by atoms with E-state index >= 15 is 0 Å². The first-order chi connectivity index (χ1) is 18.5. The zero-order chi connectivity index (χ0) is 26.9. The molecule has 1 aromatic carbocycles. The minimum atomic E-state index is -3.68. The van der Waals surface area contributed by atoms with E-state index in [1.165, 1.54) is 40.8 Å². The number of unbranched alkanes of at least 4 members (excludes halogenated alkanes) is 7. The van der Waals surface area contributed by atoms with E-state index in [4.69, 9.17) is 4.74 Å². The van der Waals surface area contributed by atoms with E-state index < -0.39 is 28.3 Å². The van der Waals surface area contributed by atoms with Crippen LogP contribution in [0.1, 0.15) is 79.0 Å². The molecule has 1 saturated heterocycles. The van der Waals surface area contributed by atoms with Gasteiger partial charge in [0, 0.05) is 0 Å². The van der Waals surface area contributed by atoms with E-state index in [1.54, 1.807) is 24.3 Å². The number of halogens is 1. The number of benzene rings is 1. The van der Waals surface area contributed by atoms with Crippen LogP contribution < -0.4 is 0 Å². The molecule has 3 aliphatic rings. The van der Waals surface area contributed by atoms with Crippen molar-refractivity contribution in [2.24, 2.45) is 2.98 Å². The van der Waals surface area contributed by atoms with Gasteiger partial charge in [0.15, 0.2) is 0 Å². The van der Waals surface area contributed by atoms with E-state index in [0.29, 0.717) is 68.4 Å². The average molecular weight is 628 g/mol. The van der Waals surface area contributed by atoms with Crippen LogP contribution in [-0.4, -0.2) is 107 Å². The number of hydrogen-bond acceptors (Lipinski definition) is 7. The maximum atomic E-state index is 14.3. The molecule has 0 saturated carbocycles. The molecule has 2 amide bonds. The zero-order valence-electron chi connectivity index (χ0n) is 22.4. The summed E-state index contributed by atoms with van der Waals surface area (Å²) >= 11 is -3.68. The molecule has 0 aromatic heterocycles. The molecule has 0 radical (unpaired) electrons. The number of carbonyl (C=O) groups is 3. The second-order valence-electron chi connectivity index (χ2n) is 10.2. The third-order valence-corrected chi connectivity index (χ3v) is 10.6. The Morgan fingerprint density at radius 1 is 0.921 bits per heavy atom. The molecule has 0 N–H and O–H groups in total. The van der Waals surface area contributed by atoms with Gasteiger partial charge in [0.05, 0.1) is 0 Å². The number of piperazine rings is 1. The summed E-state index contributed by atoms with van der Waals surface area (Å²) in [5.74, 6) is -0.497. The first kappa shape index (κ1) is 28.8. The maximum absolute atomic E-state index is 14.3. The van der Waals surface area contributed by atoms with E-state index in [1.807, 2.05) is 4.90 Å². The summed E-state index contributed by atoms with van der Waals surface area (Å²) in [4.78, 5) is 43.4. The number of hydrogen-bond donors (Lipinski definition) is 0. The number of esters is 1. The predicted octanol–water partition coefficient (Wildman–Crippen LogP) is 3.92. The van der Waals surface area contributed by atoms with Crippen molar-refractivity contribution in [1.82, 2.24) is 14.7 Å². The van der Waals surface area contributed by atoms with E-state index in [-0.39, 0.29) is 11.8 Å². The normalized spacial score (nSPS) is 17.7. The summed E-state index contributed by atoms with van der Waals surface area (Å²) in [5, 5.41) is 0. The second-order valence-corrected chi connectivity index (χ2v) is 14.0. The fourth-order valence-electron chi connectivity index (χ4n) is 5.19. The number of rotatable bonds is 13. The van der Waals surface area contributed by atoms with E-state index in [0.717, 1.165) is 19.3 Å². The predicted molar refractivity (Wildman–Crippen MR) is 146 cm³/mol. The van der Waals surface area contributed by atoms with E-state index in [9.17, 15) is 17.0 Å². The Bertz CT molecular complexity index is 1040. The summed E-state index contributed by atoms with van der Waals surface area (Å²) in [6.45, 7) is 6.01. The van der Waals surface area contributed by atoms with Crippen molar-refractivity contribution >= 4 is 45.9 Å². The summed E-state index contributed by atoms with van der Waals surface area (Å²) in [6, 6.07) is 6.90. The summed E-state index contributed by atoms with van der Waals surface area (Å²) in [5.41, 5.74) is 1.22. The van der Waals surface area contributed by atoms with Crippen molar-refractivity contribution in [1.29, 1.82) is 0 Å². The summed E-state index contributed by atoms with van der Waals surface area (Å²) in [7, 11) is 0. The van der Waals surface area contributed by atoms with Gasteiger partial charge in [-0.15, -0.1) is 0 Å². The third-order valence-electron chi connectivity index (χ3n) is 7.43. The van der Waals surface area contributed by atoms with Crippen LogP contribution in [0.5, 0.6) is 0 Å². The molecule has 3 aliphatic heterocycles. The van der Waals surface area contributed by atoms with Gasteiger partial charge >= 0.3 is 209 Å². The molecule has 4 rings (SSSR count). The molecule has 1 aromatic rings. The molecule has 3 heterocycles. The molecule has 204 valence electrons. The van der Waals surface area contributed by atoms with Crippen molar-refractivity contribution < 1.29 is 21.8 Å². The third kappa shape index (κ3) is 7.25. The van der Waals surface area contributed by atoms with Gasteiger partial charge in [0.25, 0.3) is 0 Å². The van der Waals surface area contributed by atoms with Crippen molar-refractivity contribution in [3.05, 3.63) is 44.8 Å². The molecule has 38 heavy (non-hydrogen) atoms. The zero-order valence-corrected chi connectivity index (χ0v) is 25.7. The molecule has 0 spiro atoms. The van der Waals surface area contributed by atoms with Crippen molar-refractivity contribution in [3.8, 4) is 0 Å². The number of fused-ring (bicyclic) bond motifs is 1. The SMILES string of the molecule is CCCCCCCCCCOC(=O)C1=[CH][In]([F])[N]=C1N1CCN(CCN2C(=O)c3ccccc3C2=O)CC1. The monoisotopic (exact) mass is 628 g/mol. The average Bonchev–Trinajstić information content (AvgIpc) is 3.44. The number of ether oxygens (including phenoxy) is 1. The van der Waals surface area contributed by atoms with Crippen LogP contribution in [0.15, 0.2) is 36.7 Å². The van der Waals surface area contributed by atoms with Gasteiger partial charge in [-0.05, 0) is 0 Å². The fourth-order valence-corrected chi connectivity index (χ4v) is 8.53. The van der Waals surface area contributed by atoms with Crippen LogP contribution >= 0.6 is 0 Å². The van der Waals surface area contributed by atoms with Crippen LogP contribution in [0.3, 0.4) is 0 Å². The Morgan fingerprint density at radius 2 is 1.53 bits per heavy atom. The van der Waals surface area contributed by atoms with Gasteiger partial charge in [-0.3, -0.25) is 0 Å². The molecule has 0 bridgehead atoms. The Kier molecular flexibility index (Phi) is 10.8. The molecule has 10 heteroatoms. The summed E-state index contributed by atoms with van der Waals surface area (Å²) in [6.07, 6.45) is 9.33.